The number of rotatable bonds is 5. The maximum absolute atomic E-state index is 9.02. The van der Waals surface area contributed by atoms with Crippen LogP contribution in [0.1, 0.15) is 5.56 Å². The molecule has 18 heavy (non-hydrogen) atoms. The number of hydrogen-bond donors (Lipinski definition) is 0. The molecule has 0 fully saturated rings. The normalized spacial score (nSPS) is 10.0. The second-order valence-corrected chi connectivity index (χ2v) is 3.60. The van der Waals surface area contributed by atoms with Gasteiger partial charge in [-0.25, -0.2) is 4.98 Å². The number of methoxy groups -OCH3 is 1. The molecule has 0 bridgehead atoms. The highest BCUT2D eigenvalue weighted by Gasteiger charge is 2.06. The minimum absolute atomic E-state index is 0.415. The molecule has 0 saturated heterocycles. The Balaban J connectivity index is 2.25. The summed E-state index contributed by atoms with van der Waals surface area (Å²) in [5.41, 5.74) is 1.41. The molecule has 5 nitrogen and oxygen atoms in total. The van der Waals surface area contributed by atoms with Crippen LogP contribution in [0.25, 0.3) is 5.69 Å². The van der Waals surface area contributed by atoms with E-state index in [1.54, 1.807) is 25.7 Å². The van der Waals surface area contributed by atoms with E-state index in [0.29, 0.717) is 24.5 Å². The van der Waals surface area contributed by atoms with Gasteiger partial charge in [0, 0.05) is 25.6 Å². The summed E-state index contributed by atoms with van der Waals surface area (Å²) < 4.78 is 12.3. The van der Waals surface area contributed by atoms with E-state index >= 15 is 0 Å². The Kier molecular flexibility index (Phi) is 3.94. The van der Waals surface area contributed by atoms with Crippen molar-refractivity contribution in [3.8, 4) is 17.5 Å². The minimum atomic E-state index is 0.415. The first-order valence-electron chi connectivity index (χ1n) is 5.49. The lowest BCUT2D eigenvalue weighted by Crippen LogP contribution is -2.06. The van der Waals surface area contributed by atoms with Gasteiger partial charge in [0.2, 0.25) is 0 Å². The quantitative estimate of drug-likeness (QED) is 0.751. The molecule has 2 aromatic rings. The van der Waals surface area contributed by atoms with E-state index in [1.165, 1.54) is 0 Å². The van der Waals surface area contributed by atoms with E-state index in [1.807, 2.05) is 22.9 Å². The number of nitrogens with zero attached hydrogens (tertiary/aromatic N) is 3. The fourth-order valence-electron chi connectivity index (χ4n) is 1.53. The number of imidazole rings is 1. The molecule has 0 aliphatic heterocycles. The van der Waals surface area contributed by atoms with Crippen LogP contribution in [0.4, 0.5) is 0 Å². The van der Waals surface area contributed by atoms with Gasteiger partial charge in [0.25, 0.3) is 0 Å². The number of hydrogen-bond acceptors (Lipinski definition) is 4. The summed E-state index contributed by atoms with van der Waals surface area (Å²) in [4.78, 5) is 3.98. The molecule has 0 saturated carbocycles. The van der Waals surface area contributed by atoms with Crippen LogP contribution in [-0.2, 0) is 4.74 Å². The predicted octanol–water partition coefficient (Wildman–Crippen LogP) is 1.77. The number of ether oxygens (including phenoxy) is 2. The highest BCUT2D eigenvalue weighted by Crippen LogP contribution is 2.22. The SMILES string of the molecule is COCCOc1cc(-n2ccnc2)ccc1C#N. The highest BCUT2D eigenvalue weighted by atomic mass is 16.5. The first-order chi connectivity index (χ1) is 8.85. The lowest BCUT2D eigenvalue weighted by atomic mass is 10.2. The molecule has 1 aromatic carbocycles. The molecule has 0 spiro atoms. The predicted molar refractivity (Wildman–Crippen MR) is 65.7 cm³/mol. The van der Waals surface area contributed by atoms with Crippen LogP contribution in [0.15, 0.2) is 36.9 Å². The van der Waals surface area contributed by atoms with Crippen molar-refractivity contribution in [3.05, 3.63) is 42.5 Å². The molecule has 0 radical (unpaired) electrons. The van der Waals surface area contributed by atoms with Gasteiger partial charge < -0.3 is 14.0 Å². The fraction of sp³-hybridized carbons (Fsp3) is 0.231. The first kappa shape index (κ1) is 12.1. The van der Waals surface area contributed by atoms with Gasteiger partial charge >= 0.3 is 0 Å². The molecule has 0 amide bonds. The lowest BCUT2D eigenvalue weighted by Gasteiger charge is -2.09. The van der Waals surface area contributed by atoms with Gasteiger partial charge in [0.15, 0.2) is 0 Å². The summed E-state index contributed by atoms with van der Waals surface area (Å²) in [6.07, 6.45) is 5.23. The van der Waals surface area contributed by atoms with Crippen LogP contribution < -0.4 is 4.74 Å². The minimum Gasteiger partial charge on any atom is -0.490 e. The molecule has 92 valence electrons. The van der Waals surface area contributed by atoms with Crippen LogP contribution >= 0.6 is 0 Å². The monoisotopic (exact) mass is 243 g/mol. The van der Waals surface area contributed by atoms with Crippen LogP contribution in [0.5, 0.6) is 5.75 Å². The van der Waals surface area contributed by atoms with Crippen molar-refractivity contribution in [3.63, 3.8) is 0 Å². The summed E-state index contributed by atoms with van der Waals surface area (Å²) >= 11 is 0. The molecule has 0 atom stereocenters. The van der Waals surface area contributed by atoms with Gasteiger partial charge in [0.1, 0.15) is 18.4 Å². The summed E-state index contributed by atoms with van der Waals surface area (Å²) in [6.45, 7) is 0.902. The zero-order chi connectivity index (χ0) is 12.8. The Morgan fingerprint density at radius 3 is 2.94 bits per heavy atom. The van der Waals surface area contributed by atoms with E-state index in [-0.39, 0.29) is 0 Å². The van der Waals surface area contributed by atoms with Crippen molar-refractivity contribution in [2.45, 2.75) is 0 Å². The Hall–Kier alpha value is -2.32. The number of aromatic nitrogens is 2. The molecular formula is C13H13N3O2. The summed E-state index contributed by atoms with van der Waals surface area (Å²) in [5.74, 6) is 0.556. The van der Waals surface area contributed by atoms with Crippen molar-refractivity contribution < 1.29 is 9.47 Å². The Morgan fingerprint density at radius 2 is 2.28 bits per heavy atom. The standard InChI is InChI=1S/C13H13N3O2/c1-17-6-7-18-13-8-12(3-2-11(13)9-14)16-5-4-15-10-16/h2-5,8,10H,6-7H2,1H3. The average molecular weight is 243 g/mol. The maximum Gasteiger partial charge on any atom is 0.139 e. The van der Waals surface area contributed by atoms with Gasteiger partial charge in [-0.3, -0.25) is 0 Å². The molecule has 0 aliphatic rings. The van der Waals surface area contributed by atoms with Gasteiger partial charge in [-0.05, 0) is 12.1 Å². The Bertz CT molecular complexity index is 544. The van der Waals surface area contributed by atoms with Crippen LogP contribution in [0.3, 0.4) is 0 Å². The average Bonchev–Trinajstić information content (AvgIpc) is 2.93. The van der Waals surface area contributed by atoms with Crippen molar-refractivity contribution in [2.24, 2.45) is 0 Å². The van der Waals surface area contributed by atoms with Crippen LogP contribution in [0, 0.1) is 11.3 Å². The van der Waals surface area contributed by atoms with Crippen molar-refractivity contribution in [1.82, 2.24) is 9.55 Å². The van der Waals surface area contributed by atoms with Gasteiger partial charge in [-0.2, -0.15) is 5.26 Å². The van der Waals surface area contributed by atoms with Gasteiger partial charge in [-0.15, -0.1) is 0 Å². The van der Waals surface area contributed by atoms with Crippen molar-refractivity contribution in [2.75, 3.05) is 20.3 Å². The largest absolute Gasteiger partial charge is 0.490 e. The van der Waals surface area contributed by atoms with E-state index < -0.39 is 0 Å². The van der Waals surface area contributed by atoms with Gasteiger partial charge in [-0.1, -0.05) is 0 Å². The Labute approximate surface area is 105 Å². The molecule has 0 unspecified atom stereocenters. The second-order valence-electron chi connectivity index (χ2n) is 3.60. The zero-order valence-corrected chi connectivity index (χ0v) is 10.0. The Morgan fingerprint density at radius 1 is 1.39 bits per heavy atom. The van der Waals surface area contributed by atoms with E-state index in [4.69, 9.17) is 14.7 Å². The number of nitriles is 1. The molecule has 0 N–H and O–H groups in total. The van der Waals surface area contributed by atoms with Gasteiger partial charge in [0.05, 0.1) is 24.2 Å². The molecule has 2 rings (SSSR count). The van der Waals surface area contributed by atoms with Crippen molar-refractivity contribution >= 4 is 0 Å². The fourth-order valence-corrected chi connectivity index (χ4v) is 1.53. The second kappa shape index (κ2) is 5.84. The first-order valence-corrected chi connectivity index (χ1v) is 5.49. The summed E-state index contributed by atoms with van der Waals surface area (Å²) in [7, 11) is 1.61. The summed E-state index contributed by atoms with van der Waals surface area (Å²) in [5, 5.41) is 9.02. The third-order valence-corrected chi connectivity index (χ3v) is 2.43. The third-order valence-electron chi connectivity index (χ3n) is 2.43. The van der Waals surface area contributed by atoms with Crippen LogP contribution in [-0.4, -0.2) is 29.9 Å². The molecule has 1 aromatic heterocycles. The van der Waals surface area contributed by atoms with Crippen LogP contribution in [0.2, 0.25) is 0 Å². The van der Waals surface area contributed by atoms with Crippen molar-refractivity contribution in [1.29, 1.82) is 5.26 Å². The van der Waals surface area contributed by atoms with E-state index in [2.05, 4.69) is 11.1 Å². The molecule has 0 aliphatic carbocycles. The highest BCUT2D eigenvalue weighted by molar-refractivity contribution is 5.50. The lowest BCUT2D eigenvalue weighted by molar-refractivity contribution is 0.146. The molecule has 5 heteroatoms. The van der Waals surface area contributed by atoms with E-state index in [9.17, 15) is 0 Å². The number of benzene rings is 1. The third kappa shape index (κ3) is 2.67. The topological polar surface area (TPSA) is 60.1 Å². The zero-order valence-electron chi connectivity index (χ0n) is 10.0. The summed E-state index contributed by atoms with van der Waals surface area (Å²) in [6, 6.07) is 7.50. The maximum atomic E-state index is 9.02. The molecule has 1 heterocycles. The molecular weight excluding hydrogens is 230 g/mol. The van der Waals surface area contributed by atoms with E-state index in [0.717, 1.165) is 5.69 Å². The smallest absolute Gasteiger partial charge is 0.139 e.